The lowest BCUT2D eigenvalue weighted by atomic mass is 10.2. The van der Waals surface area contributed by atoms with E-state index in [4.69, 9.17) is 0 Å². The van der Waals surface area contributed by atoms with E-state index in [9.17, 15) is 14.9 Å². The van der Waals surface area contributed by atoms with Crippen LogP contribution in [0.15, 0.2) is 42.5 Å². The summed E-state index contributed by atoms with van der Waals surface area (Å²) in [5.74, 6) is -0.350. The van der Waals surface area contributed by atoms with E-state index in [0.717, 1.165) is 15.2 Å². The van der Waals surface area contributed by atoms with Gasteiger partial charge in [-0.2, -0.15) is 0 Å². The minimum atomic E-state index is -0.513. The first-order chi connectivity index (χ1) is 11.0. The molecule has 0 aliphatic rings. The number of hydrogen-bond donors (Lipinski definition) is 1. The molecule has 0 aliphatic heterocycles. The van der Waals surface area contributed by atoms with Crippen molar-refractivity contribution in [2.75, 3.05) is 0 Å². The van der Waals surface area contributed by atoms with Gasteiger partial charge in [0.15, 0.2) is 0 Å². The van der Waals surface area contributed by atoms with E-state index in [0.29, 0.717) is 9.13 Å². The van der Waals surface area contributed by atoms with Gasteiger partial charge in [-0.1, -0.05) is 12.1 Å². The van der Waals surface area contributed by atoms with Crippen LogP contribution < -0.4 is 5.32 Å². The van der Waals surface area contributed by atoms with Gasteiger partial charge in [-0.3, -0.25) is 14.9 Å². The Kier molecular flexibility index (Phi) is 4.53. The first-order valence-electron chi connectivity index (χ1n) is 6.61. The molecule has 0 spiro atoms. The topological polar surface area (TPSA) is 85.1 Å². The monoisotopic (exact) mass is 439 g/mol. The second-order valence-corrected chi connectivity index (χ2v) is 6.96. The Morgan fingerprint density at radius 2 is 2.09 bits per heavy atom. The molecular weight excluding hydrogens is 429 g/mol. The number of benzene rings is 2. The largest absolute Gasteiger partial charge is 0.345 e. The molecular formula is C15H10IN3O3S. The van der Waals surface area contributed by atoms with Crippen molar-refractivity contribution in [2.24, 2.45) is 0 Å². The number of para-hydroxylation sites is 1. The Morgan fingerprint density at radius 1 is 1.30 bits per heavy atom. The number of carbonyl (C=O) groups excluding carboxylic acids is 1. The first kappa shape index (κ1) is 15.8. The molecule has 0 unspecified atom stereocenters. The summed E-state index contributed by atoms with van der Waals surface area (Å²) in [6.45, 7) is 0.289. The standard InChI is InChI=1S/C15H10IN3O3S/c16-11-6-5-9(19(21)22)7-10(11)15(20)17-8-14-18-12-3-1-2-4-13(12)23-14/h1-7H,8H2,(H,17,20). The molecule has 3 aromatic rings. The van der Waals surface area contributed by atoms with E-state index in [2.05, 4.69) is 10.3 Å². The zero-order valence-electron chi connectivity index (χ0n) is 11.7. The Morgan fingerprint density at radius 3 is 2.83 bits per heavy atom. The molecule has 116 valence electrons. The van der Waals surface area contributed by atoms with Crippen LogP contribution in [0.2, 0.25) is 0 Å². The molecule has 0 atom stereocenters. The van der Waals surface area contributed by atoms with Gasteiger partial charge in [-0.25, -0.2) is 4.98 Å². The SMILES string of the molecule is O=C(NCc1nc2ccccc2s1)c1cc([N+](=O)[O-])ccc1I. The number of carbonyl (C=O) groups is 1. The molecule has 1 heterocycles. The smallest absolute Gasteiger partial charge is 0.270 e. The number of non-ortho nitro benzene ring substituents is 1. The van der Waals surface area contributed by atoms with Crippen LogP contribution in [0.3, 0.4) is 0 Å². The van der Waals surface area contributed by atoms with E-state index in [1.807, 2.05) is 46.9 Å². The van der Waals surface area contributed by atoms with Crippen LogP contribution in [0.5, 0.6) is 0 Å². The number of nitrogens with zero attached hydrogens (tertiary/aromatic N) is 2. The van der Waals surface area contributed by atoms with Crippen LogP contribution in [-0.2, 0) is 6.54 Å². The summed E-state index contributed by atoms with van der Waals surface area (Å²) in [6, 6.07) is 12.0. The molecule has 0 saturated heterocycles. The van der Waals surface area contributed by atoms with Crippen molar-refractivity contribution >= 4 is 55.7 Å². The zero-order valence-corrected chi connectivity index (χ0v) is 14.6. The van der Waals surface area contributed by atoms with Gasteiger partial charge in [0.25, 0.3) is 11.6 Å². The Labute approximate surface area is 148 Å². The van der Waals surface area contributed by atoms with Gasteiger partial charge in [0, 0.05) is 15.7 Å². The Hall–Kier alpha value is -2.07. The number of aromatic nitrogens is 1. The van der Waals surface area contributed by atoms with Gasteiger partial charge >= 0.3 is 0 Å². The molecule has 0 radical (unpaired) electrons. The molecule has 0 saturated carbocycles. The van der Waals surface area contributed by atoms with Gasteiger partial charge in [0.1, 0.15) is 5.01 Å². The maximum Gasteiger partial charge on any atom is 0.270 e. The minimum Gasteiger partial charge on any atom is -0.345 e. The highest BCUT2D eigenvalue weighted by Crippen LogP contribution is 2.22. The van der Waals surface area contributed by atoms with Crippen LogP contribution in [0.4, 0.5) is 5.69 Å². The maximum absolute atomic E-state index is 12.3. The van der Waals surface area contributed by atoms with Crippen LogP contribution in [0.25, 0.3) is 10.2 Å². The van der Waals surface area contributed by atoms with Crippen molar-refractivity contribution < 1.29 is 9.72 Å². The summed E-state index contributed by atoms with van der Waals surface area (Å²) in [5.41, 5.74) is 1.09. The van der Waals surface area contributed by atoms with Crippen molar-refractivity contribution in [2.45, 2.75) is 6.54 Å². The molecule has 2 aromatic carbocycles. The number of nitro benzene ring substituents is 1. The second kappa shape index (κ2) is 6.59. The van der Waals surface area contributed by atoms with Crippen LogP contribution >= 0.6 is 33.9 Å². The maximum atomic E-state index is 12.3. The number of nitro groups is 1. The number of rotatable bonds is 4. The van der Waals surface area contributed by atoms with Crippen molar-refractivity contribution in [3.8, 4) is 0 Å². The number of fused-ring (bicyclic) bond motifs is 1. The van der Waals surface area contributed by atoms with E-state index in [1.165, 1.54) is 23.5 Å². The van der Waals surface area contributed by atoms with E-state index in [-0.39, 0.29) is 18.1 Å². The first-order valence-corrected chi connectivity index (χ1v) is 8.51. The number of amides is 1. The predicted octanol–water partition coefficient (Wildman–Crippen LogP) is 3.74. The molecule has 0 bridgehead atoms. The molecule has 8 heteroatoms. The molecule has 3 rings (SSSR count). The molecule has 0 fully saturated rings. The molecule has 0 aliphatic carbocycles. The fourth-order valence-electron chi connectivity index (χ4n) is 2.05. The lowest BCUT2D eigenvalue weighted by Crippen LogP contribution is -2.23. The highest BCUT2D eigenvalue weighted by atomic mass is 127. The van der Waals surface area contributed by atoms with E-state index >= 15 is 0 Å². The molecule has 1 aromatic heterocycles. The third kappa shape index (κ3) is 3.48. The summed E-state index contributed by atoms with van der Waals surface area (Å²) in [5, 5.41) is 14.4. The summed E-state index contributed by atoms with van der Waals surface area (Å²) in [7, 11) is 0. The normalized spacial score (nSPS) is 10.7. The number of halogens is 1. The summed E-state index contributed by atoms with van der Waals surface area (Å²) in [4.78, 5) is 27.0. The van der Waals surface area contributed by atoms with Gasteiger partial charge < -0.3 is 5.32 Å². The molecule has 6 nitrogen and oxygen atoms in total. The van der Waals surface area contributed by atoms with Gasteiger partial charge in [0.05, 0.1) is 27.2 Å². The average Bonchev–Trinajstić information content (AvgIpc) is 2.95. The molecule has 1 amide bonds. The fraction of sp³-hybridized carbons (Fsp3) is 0.0667. The zero-order chi connectivity index (χ0) is 16.4. The number of hydrogen-bond acceptors (Lipinski definition) is 5. The summed E-state index contributed by atoms with van der Waals surface area (Å²) in [6.07, 6.45) is 0. The summed E-state index contributed by atoms with van der Waals surface area (Å²) < 4.78 is 1.72. The molecule has 23 heavy (non-hydrogen) atoms. The highest BCUT2D eigenvalue weighted by molar-refractivity contribution is 14.1. The average molecular weight is 439 g/mol. The van der Waals surface area contributed by atoms with E-state index < -0.39 is 4.92 Å². The Balaban J connectivity index is 1.76. The molecule has 1 N–H and O–H groups in total. The third-order valence-electron chi connectivity index (χ3n) is 3.14. The van der Waals surface area contributed by atoms with Crippen molar-refractivity contribution in [1.82, 2.24) is 10.3 Å². The quantitative estimate of drug-likeness (QED) is 0.381. The third-order valence-corrected chi connectivity index (χ3v) is 5.12. The van der Waals surface area contributed by atoms with Gasteiger partial charge in [-0.15, -0.1) is 11.3 Å². The van der Waals surface area contributed by atoms with Crippen molar-refractivity contribution in [1.29, 1.82) is 0 Å². The van der Waals surface area contributed by atoms with Gasteiger partial charge in [-0.05, 0) is 40.8 Å². The Bertz CT molecular complexity index is 877. The van der Waals surface area contributed by atoms with E-state index in [1.54, 1.807) is 6.07 Å². The van der Waals surface area contributed by atoms with Crippen molar-refractivity contribution in [3.63, 3.8) is 0 Å². The number of nitrogens with one attached hydrogen (secondary N) is 1. The minimum absolute atomic E-state index is 0.101. The lowest BCUT2D eigenvalue weighted by Gasteiger charge is -2.05. The second-order valence-electron chi connectivity index (χ2n) is 4.68. The number of thiazole rings is 1. The fourth-order valence-corrected chi connectivity index (χ4v) is 3.53. The van der Waals surface area contributed by atoms with Crippen LogP contribution in [-0.4, -0.2) is 15.8 Å². The van der Waals surface area contributed by atoms with Crippen LogP contribution in [0.1, 0.15) is 15.4 Å². The van der Waals surface area contributed by atoms with Crippen molar-refractivity contribution in [3.05, 3.63) is 66.7 Å². The van der Waals surface area contributed by atoms with Gasteiger partial charge in [0.2, 0.25) is 0 Å². The predicted molar refractivity (Wildman–Crippen MR) is 96.6 cm³/mol. The summed E-state index contributed by atoms with van der Waals surface area (Å²) >= 11 is 3.50. The lowest BCUT2D eigenvalue weighted by molar-refractivity contribution is -0.384. The van der Waals surface area contributed by atoms with Crippen LogP contribution in [0, 0.1) is 13.7 Å². The highest BCUT2D eigenvalue weighted by Gasteiger charge is 2.15.